The molecule has 1 fully saturated rings. The molecule has 2 aromatic rings. The Morgan fingerprint density at radius 3 is 2.62 bits per heavy atom. The van der Waals surface area contributed by atoms with Gasteiger partial charge in [-0.3, -0.25) is 9.59 Å². The number of nitriles is 1. The monoisotopic (exact) mass is 319 g/mol. The maximum Gasteiger partial charge on any atom is 0.255 e. The second-order valence-corrected chi connectivity index (χ2v) is 5.70. The SMILES string of the molecule is N#Cc1cccc(C(=O)Nc2ccc(N3CCCCC3=O)cc2)c1. The zero-order valence-electron chi connectivity index (χ0n) is 13.2. The molecule has 2 amide bonds. The summed E-state index contributed by atoms with van der Waals surface area (Å²) in [6.45, 7) is 0.742. The molecule has 0 saturated carbocycles. The van der Waals surface area contributed by atoms with Crippen molar-refractivity contribution in [3.63, 3.8) is 0 Å². The molecule has 2 aromatic carbocycles. The molecule has 120 valence electrons. The molecule has 0 aromatic heterocycles. The highest BCUT2D eigenvalue weighted by Gasteiger charge is 2.19. The van der Waals surface area contributed by atoms with Crippen LogP contribution in [0.5, 0.6) is 0 Å². The van der Waals surface area contributed by atoms with Crippen molar-refractivity contribution in [1.29, 1.82) is 5.26 Å². The molecular formula is C19H17N3O2. The first-order valence-corrected chi connectivity index (χ1v) is 7.89. The Morgan fingerprint density at radius 1 is 1.12 bits per heavy atom. The topological polar surface area (TPSA) is 73.2 Å². The Bertz CT molecular complexity index is 806. The molecule has 0 aliphatic carbocycles. The Hall–Kier alpha value is -3.13. The lowest BCUT2D eigenvalue weighted by Gasteiger charge is -2.26. The summed E-state index contributed by atoms with van der Waals surface area (Å²) >= 11 is 0. The summed E-state index contributed by atoms with van der Waals surface area (Å²) in [6, 6.07) is 15.8. The molecule has 0 unspecified atom stereocenters. The van der Waals surface area contributed by atoms with E-state index in [2.05, 4.69) is 5.32 Å². The van der Waals surface area contributed by atoms with Crippen LogP contribution in [-0.2, 0) is 4.79 Å². The summed E-state index contributed by atoms with van der Waals surface area (Å²) in [6.07, 6.45) is 2.55. The van der Waals surface area contributed by atoms with Crippen LogP contribution in [0.4, 0.5) is 11.4 Å². The van der Waals surface area contributed by atoms with E-state index in [1.165, 1.54) is 0 Å². The summed E-state index contributed by atoms with van der Waals surface area (Å²) in [5, 5.41) is 11.7. The second-order valence-electron chi connectivity index (χ2n) is 5.70. The van der Waals surface area contributed by atoms with Gasteiger partial charge in [0.2, 0.25) is 5.91 Å². The summed E-state index contributed by atoms with van der Waals surface area (Å²) in [5.41, 5.74) is 2.38. The van der Waals surface area contributed by atoms with Crippen molar-refractivity contribution in [2.24, 2.45) is 0 Å². The van der Waals surface area contributed by atoms with E-state index >= 15 is 0 Å². The number of nitrogens with zero attached hydrogens (tertiary/aromatic N) is 2. The molecule has 1 aliphatic heterocycles. The van der Waals surface area contributed by atoms with Crippen molar-refractivity contribution in [3.05, 3.63) is 59.7 Å². The number of hydrogen-bond donors (Lipinski definition) is 1. The molecule has 1 aliphatic rings. The predicted octanol–water partition coefficient (Wildman–Crippen LogP) is 3.33. The molecular weight excluding hydrogens is 302 g/mol. The van der Waals surface area contributed by atoms with Gasteiger partial charge in [0.15, 0.2) is 0 Å². The number of carbonyl (C=O) groups excluding carboxylic acids is 2. The molecule has 0 atom stereocenters. The van der Waals surface area contributed by atoms with Crippen LogP contribution < -0.4 is 10.2 Å². The average molecular weight is 319 g/mol. The number of piperidine rings is 1. The van der Waals surface area contributed by atoms with Crippen LogP contribution in [0, 0.1) is 11.3 Å². The van der Waals surface area contributed by atoms with E-state index < -0.39 is 0 Å². The largest absolute Gasteiger partial charge is 0.322 e. The van der Waals surface area contributed by atoms with Crippen molar-refractivity contribution < 1.29 is 9.59 Å². The van der Waals surface area contributed by atoms with E-state index in [0.717, 1.165) is 25.1 Å². The number of rotatable bonds is 3. The minimum Gasteiger partial charge on any atom is -0.322 e. The van der Waals surface area contributed by atoms with Gasteiger partial charge in [-0.05, 0) is 55.3 Å². The summed E-state index contributed by atoms with van der Waals surface area (Å²) < 4.78 is 0. The number of anilines is 2. The molecule has 0 radical (unpaired) electrons. The lowest BCUT2D eigenvalue weighted by Crippen LogP contribution is -2.35. The van der Waals surface area contributed by atoms with Gasteiger partial charge >= 0.3 is 0 Å². The molecule has 1 N–H and O–H groups in total. The van der Waals surface area contributed by atoms with E-state index in [9.17, 15) is 9.59 Å². The lowest BCUT2D eigenvalue weighted by molar-refractivity contribution is -0.119. The van der Waals surface area contributed by atoms with Crippen LogP contribution in [0.25, 0.3) is 0 Å². The van der Waals surface area contributed by atoms with E-state index in [-0.39, 0.29) is 11.8 Å². The van der Waals surface area contributed by atoms with Gasteiger partial charge in [0.25, 0.3) is 5.91 Å². The quantitative estimate of drug-likeness (QED) is 0.943. The van der Waals surface area contributed by atoms with Crippen LogP contribution in [-0.4, -0.2) is 18.4 Å². The number of carbonyl (C=O) groups is 2. The molecule has 3 rings (SSSR count). The molecule has 24 heavy (non-hydrogen) atoms. The fraction of sp³-hybridized carbons (Fsp3) is 0.211. The highest BCUT2D eigenvalue weighted by atomic mass is 16.2. The van der Waals surface area contributed by atoms with Crippen molar-refractivity contribution in [1.82, 2.24) is 0 Å². The molecule has 1 heterocycles. The normalized spacial score (nSPS) is 14.1. The fourth-order valence-corrected chi connectivity index (χ4v) is 2.74. The first-order chi connectivity index (χ1) is 11.7. The van der Waals surface area contributed by atoms with Gasteiger partial charge in [0.05, 0.1) is 11.6 Å². The number of benzene rings is 2. The van der Waals surface area contributed by atoms with E-state index in [0.29, 0.717) is 23.2 Å². The van der Waals surface area contributed by atoms with Crippen LogP contribution in [0.2, 0.25) is 0 Å². The maximum absolute atomic E-state index is 12.2. The molecule has 5 nitrogen and oxygen atoms in total. The average Bonchev–Trinajstić information content (AvgIpc) is 2.63. The van der Waals surface area contributed by atoms with Crippen molar-refractivity contribution in [3.8, 4) is 6.07 Å². The molecule has 5 heteroatoms. The molecule has 1 saturated heterocycles. The predicted molar refractivity (Wildman–Crippen MR) is 91.8 cm³/mol. The van der Waals surface area contributed by atoms with Gasteiger partial charge in [0.1, 0.15) is 0 Å². The van der Waals surface area contributed by atoms with Crippen LogP contribution in [0.1, 0.15) is 35.2 Å². The van der Waals surface area contributed by atoms with Crippen LogP contribution in [0.15, 0.2) is 48.5 Å². The Kier molecular flexibility index (Phi) is 4.57. The van der Waals surface area contributed by atoms with Crippen LogP contribution >= 0.6 is 0 Å². The van der Waals surface area contributed by atoms with Gasteiger partial charge in [-0.2, -0.15) is 5.26 Å². The Morgan fingerprint density at radius 2 is 1.92 bits per heavy atom. The van der Waals surface area contributed by atoms with Gasteiger partial charge < -0.3 is 10.2 Å². The van der Waals surface area contributed by atoms with Gasteiger partial charge in [-0.15, -0.1) is 0 Å². The number of nitrogens with one attached hydrogen (secondary N) is 1. The first kappa shape index (κ1) is 15.8. The third-order valence-corrected chi connectivity index (χ3v) is 4.01. The Balaban J connectivity index is 1.70. The number of amides is 2. The maximum atomic E-state index is 12.2. The zero-order valence-corrected chi connectivity index (χ0v) is 13.2. The van der Waals surface area contributed by atoms with Gasteiger partial charge in [0, 0.05) is 29.9 Å². The molecule has 0 spiro atoms. The molecule has 0 bridgehead atoms. The second kappa shape index (κ2) is 6.97. The number of hydrogen-bond acceptors (Lipinski definition) is 3. The van der Waals surface area contributed by atoms with E-state index in [4.69, 9.17) is 5.26 Å². The summed E-state index contributed by atoms with van der Waals surface area (Å²) in [7, 11) is 0. The highest BCUT2D eigenvalue weighted by Crippen LogP contribution is 2.23. The smallest absolute Gasteiger partial charge is 0.255 e. The third-order valence-electron chi connectivity index (χ3n) is 4.01. The van der Waals surface area contributed by atoms with Gasteiger partial charge in [-0.1, -0.05) is 6.07 Å². The Labute approximate surface area is 140 Å². The standard InChI is InChI=1S/C19H17N3O2/c20-13-14-4-3-5-15(12-14)19(24)21-16-7-9-17(10-8-16)22-11-2-1-6-18(22)23/h3-5,7-10,12H,1-2,6,11H2,(H,21,24). The van der Waals surface area contributed by atoms with E-state index in [1.807, 2.05) is 18.2 Å². The van der Waals surface area contributed by atoms with Crippen molar-refractivity contribution >= 4 is 23.2 Å². The lowest BCUT2D eigenvalue weighted by atomic mass is 10.1. The highest BCUT2D eigenvalue weighted by molar-refractivity contribution is 6.04. The summed E-state index contributed by atoms with van der Waals surface area (Å²) in [4.78, 5) is 26.0. The van der Waals surface area contributed by atoms with Crippen LogP contribution in [0.3, 0.4) is 0 Å². The van der Waals surface area contributed by atoms with Crippen molar-refractivity contribution in [2.75, 3.05) is 16.8 Å². The van der Waals surface area contributed by atoms with E-state index in [1.54, 1.807) is 41.3 Å². The third kappa shape index (κ3) is 3.44. The first-order valence-electron chi connectivity index (χ1n) is 7.89. The fourth-order valence-electron chi connectivity index (χ4n) is 2.74. The van der Waals surface area contributed by atoms with Crippen molar-refractivity contribution in [2.45, 2.75) is 19.3 Å². The minimum absolute atomic E-state index is 0.145. The summed E-state index contributed by atoms with van der Waals surface area (Å²) in [5.74, 6) is -0.125. The minimum atomic E-state index is -0.270. The zero-order chi connectivity index (χ0) is 16.9. The van der Waals surface area contributed by atoms with Gasteiger partial charge in [-0.25, -0.2) is 0 Å².